The Labute approximate surface area is 98.8 Å². The van der Waals surface area contributed by atoms with Crippen molar-refractivity contribution in [1.29, 1.82) is 5.26 Å². The maximum absolute atomic E-state index is 13.6. The Morgan fingerprint density at radius 1 is 1.19 bits per heavy atom. The van der Waals surface area contributed by atoms with Gasteiger partial charge in [-0.3, -0.25) is 0 Å². The molecule has 0 atom stereocenters. The third kappa shape index (κ3) is 1.21. The Morgan fingerprint density at radius 2 is 1.75 bits per heavy atom. The summed E-state index contributed by atoms with van der Waals surface area (Å²) in [4.78, 5) is 0. The second kappa shape index (κ2) is 3.46. The fourth-order valence-corrected chi connectivity index (χ4v) is 3.57. The summed E-state index contributed by atoms with van der Waals surface area (Å²) in [5.41, 5.74) is 2.46. The summed E-state index contributed by atoms with van der Waals surface area (Å²) in [6.45, 7) is 0. The Hall–Kier alpha value is -1.07. The van der Waals surface area contributed by atoms with E-state index in [2.05, 4.69) is 6.07 Å². The molecule has 0 radical (unpaired) electrons. The first-order chi connectivity index (χ1) is 7.72. The van der Waals surface area contributed by atoms with Crippen molar-refractivity contribution < 1.29 is 4.39 Å². The molecule has 1 fully saturated rings. The van der Waals surface area contributed by atoms with Crippen LogP contribution in [0.5, 0.6) is 0 Å². The smallest absolute Gasteiger partial charge is 0.143 e. The molecule has 4 rings (SSSR count). The largest absolute Gasteiger partial charge is 0.205 e. The molecule has 0 saturated heterocycles. The molecule has 3 heteroatoms. The van der Waals surface area contributed by atoms with Gasteiger partial charge in [-0.05, 0) is 54.7 Å². The lowest BCUT2D eigenvalue weighted by Crippen LogP contribution is -2.23. The van der Waals surface area contributed by atoms with Crippen LogP contribution in [0.1, 0.15) is 54.2 Å². The van der Waals surface area contributed by atoms with Crippen LogP contribution in [-0.2, 0) is 0 Å². The number of benzene rings is 1. The molecule has 0 N–H and O–H groups in total. The lowest BCUT2D eigenvalue weighted by atomic mass is 9.66. The number of halogens is 2. The van der Waals surface area contributed by atoms with E-state index in [1.807, 2.05) is 0 Å². The first kappa shape index (κ1) is 10.1. The van der Waals surface area contributed by atoms with Gasteiger partial charge >= 0.3 is 0 Å². The second-order valence-electron chi connectivity index (χ2n) is 4.71. The molecule has 1 nitrogen and oxygen atoms in total. The van der Waals surface area contributed by atoms with Crippen LogP contribution in [0.2, 0.25) is 5.02 Å². The van der Waals surface area contributed by atoms with Crippen molar-refractivity contribution in [3.63, 3.8) is 0 Å². The highest BCUT2D eigenvalue weighted by Gasteiger charge is 2.37. The summed E-state index contributed by atoms with van der Waals surface area (Å²) >= 11 is 6.05. The van der Waals surface area contributed by atoms with Gasteiger partial charge in [-0.15, -0.1) is 0 Å². The van der Waals surface area contributed by atoms with Crippen LogP contribution in [-0.4, -0.2) is 0 Å². The molecule has 0 unspecified atom stereocenters. The molecular formula is C13H11ClFN. The molecule has 1 saturated carbocycles. The quantitative estimate of drug-likeness (QED) is 0.664. The SMILES string of the molecule is N#Cc1cc(F)c(Cl)c2c1C1CCC2CC1. The van der Waals surface area contributed by atoms with Crippen LogP contribution >= 0.6 is 11.6 Å². The van der Waals surface area contributed by atoms with Crippen molar-refractivity contribution in [3.05, 3.63) is 33.6 Å². The molecule has 1 aromatic rings. The van der Waals surface area contributed by atoms with Crippen molar-refractivity contribution in [2.75, 3.05) is 0 Å². The van der Waals surface area contributed by atoms with Gasteiger partial charge in [-0.25, -0.2) is 4.39 Å². The van der Waals surface area contributed by atoms with Gasteiger partial charge in [-0.2, -0.15) is 5.26 Å². The summed E-state index contributed by atoms with van der Waals surface area (Å²) in [6, 6.07) is 3.40. The van der Waals surface area contributed by atoms with Gasteiger partial charge in [0.1, 0.15) is 5.82 Å². The van der Waals surface area contributed by atoms with E-state index in [1.54, 1.807) is 0 Å². The van der Waals surface area contributed by atoms with E-state index in [4.69, 9.17) is 16.9 Å². The number of nitrogens with zero attached hydrogens (tertiary/aromatic N) is 1. The van der Waals surface area contributed by atoms with Crippen LogP contribution in [0, 0.1) is 17.1 Å². The molecule has 0 aromatic heterocycles. The summed E-state index contributed by atoms with van der Waals surface area (Å²) < 4.78 is 13.6. The number of nitriles is 1. The van der Waals surface area contributed by atoms with E-state index in [1.165, 1.54) is 6.07 Å². The zero-order valence-electron chi connectivity index (χ0n) is 8.76. The monoisotopic (exact) mass is 235 g/mol. The number of rotatable bonds is 0. The molecule has 2 bridgehead atoms. The first-order valence-corrected chi connectivity index (χ1v) is 6.02. The van der Waals surface area contributed by atoms with Crippen LogP contribution in [0.25, 0.3) is 0 Å². The third-order valence-corrected chi connectivity index (χ3v) is 4.35. The molecular weight excluding hydrogens is 225 g/mol. The summed E-state index contributed by atoms with van der Waals surface area (Å²) in [7, 11) is 0. The highest BCUT2D eigenvalue weighted by atomic mass is 35.5. The molecule has 0 amide bonds. The Bertz CT molecular complexity index is 496. The lowest BCUT2D eigenvalue weighted by Gasteiger charge is -2.39. The first-order valence-electron chi connectivity index (χ1n) is 5.64. The molecule has 1 aromatic carbocycles. The Kier molecular flexibility index (Phi) is 2.19. The van der Waals surface area contributed by atoms with E-state index in [0.717, 1.165) is 36.8 Å². The fourth-order valence-electron chi connectivity index (χ4n) is 3.26. The molecule has 0 heterocycles. The summed E-state index contributed by atoms with van der Waals surface area (Å²) in [5.74, 6) is 0.354. The van der Waals surface area contributed by atoms with Gasteiger partial charge in [-0.1, -0.05) is 11.6 Å². The van der Waals surface area contributed by atoms with Gasteiger partial charge in [0.25, 0.3) is 0 Å². The lowest BCUT2D eigenvalue weighted by molar-refractivity contribution is 0.356. The van der Waals surface area contributed by atoms with Gasteiger partial charge in [0.15, 0.2) is 0 Å². The standard InChI is InChI=1S/C13H11ClFN/c14-13-10(15)5-9(6-16)11-7-1-3-8(4-2-7)12(11)13/h5,7-8H,1-4H2. The van der Waals surface area contributed by atoms with E-state index in [-0.39, 0.29) is 5.02 Å². The molecule has 0 aliphatic heterocycles. The van der Waals surface area contributed by atoms with Crippen molar-refractivity contribution in [2.45, 2.75) is 37.5 Å². The Balaban J connectivity index is 2.33. The maximum atomic E-state index is 13.6. The molecule has 82 valence electrons. The van der Waals surface area contributed by atoms with Gasteiger partial charge < -0.3 is 0 Å². The van der Waals surface area contributed by atoms with E-state index >= 15 is 0 Å². The predicted octanol–water partition coefficient (Wildman–Crippen LogP) is 4.11. The van der Waals surface area contributed by atoms with E-state index < -0.39 is 5.82 Å². The minimum Gasteiger partial charge on any atom is -0.205 e. The predicted molar refractivity (Wildman–Crippen MR) is 60.1 cm³/mol. The van der Waals surface area contributed by atoms with Crippen LogP contribution in [0.15, 0.2) is 6.07 Å². The van der Waals surface area contributed by atoms with Crippen LogP contribution in [0.3, 0.4) is 0 Å². The second-order valence-corrected chi connectivity index (χ2v) is 5.09. The fraction of sp³-hybridized carbons (Fsp3) is 0.462. The summed E-state index contributed by atoms with van der Waals surface area (Å²) in [6.07, 6.45) is 4.42. The summed E-state index contributed by atoms with van der Waals surface area (Å²) in [5, 5.41) is 9.33. The van der Waals surface area contributed by atoms with Crippen LogP contribution < -0.4 is 0 Å². The van der Waals surface area contributed by atoms with Crippen molar-refractivity contribution in [2.24, 2.45) is 0 Å². The topological polar surface area (TPSA) is 23.8 Å². The van der Waals surface area contributed by atoms with Crippen molar-refractivity contribution in [3.8, 4) is 6.07 Å². The maximum Gasteiger partial charge on any atom is 0.143 e. The molecule has 3 aliphatic rings. The van der Waals surface area contributed by atoms with E-state index in [9.17, 15) is 4.39 Å². The average Bonchev–Trinajstić information content (AvgIpc) is 2.34. The highest BCUT2D eigenvalue weighted by molar-refractivity contribution is 6.31. The molecule has 16 heavy (non-hydrogen) atoms. The van der Waals surface area contributed by atoms with Gasteiger partial charge in [0, 0.05) is 0 Å². The minimum atomic E-state index is -0.440. The average molecular weight is 236 g/mol. The molecule has 0 spiro atoms. The normalized spacial score (nSPS) is 26.3. The van der Waals surface area contributed by atoms with Gasteiger partial charge in [0.2, 0.25) is 0 Å². The number of hydrogen-bond donors (Lipinski definition) is 0. The van der Waals surface area contributed by atoms with Crippen molar-refractivity contribution in [1.82, 2.24) is 0 Å². The molecule has 3 aliphatic carbocycles. The van der Waals surface area contributed by atoms with Gasteiger partial charge in [0.05, 0.1) is 16.7 Å². The number of hydrogen-bond acceptors (Lipinski definition) is 1. The van der Waals surface area contributed by atoms with Crippen LogP contribution in [0.4, 0.5) is 4.39 Å². The highest BCUT2D eigenvalue weighted by Crippen LogP contribution is 2.52. The minimum absolute atomic E-state index is 0.253. The third-order valence-electron chi connectivity index (χ3n) is 3.96. The number of fused-ring (bicyclic) bond motifs is 2. The van der Waals surface area contributed by atoms with Crippen molar-refractivity contribution >= 4 is 11.6 Å². The zero-order chi connectivity index (χ0) is 11.3. The zero-order valence-corrected chi connectivity index (χ0v) is 9.52. The Morgan fingerprint density at radius 3 is 2.31 bits per heavy atom. The van der Waals surface area contributed by atoms with E-state index in [0.29, 0.717) is 17.4 Å².